The van der Waals surface area contributed by atoms with Gasteiger partial charge in [-0.3, -0.25) is 0 Å². The van der Waals surface area contributed by atoms with Gasteiger partial charge in [-0.2, -0.15) is 4.31 Å². The number of hydrogen-bond acceptors (Lipinski definition) is 3. The van der Waals surface area contributed by atoms with Crippen molar-refractivity contribution in [3.05, 3.63) is 24.0 Å². The Hall–Kier alpha value is -1.40. The lowest BCUT2D eigenvalue weighted by atomic mass is 10.2. The number of nitrogens with one attached hydrogen (secondary N) is 1. The molecule has 0 amide bonds. The monoisotopic (exact) mass is 323 g/mol. The van der Waals surface area contributed by atoms with Gasteiger partial charge in [-0.25, -0.2) is 13.4 Å². The first kappa shape index (κ1) is 17.0. The van der Waals surface area contributed by atoms with Crippen LogP contribution in [-0.2, 0) is 16.4 Å². The lowest BCUT2D eigenvalue weighted by Crippen LogP contribution is -2.30. The molecule has 122 valence electrons. The molecule has 0 aliphatic rings. The second-order valence-electron chi connectivity index (χ2n) is 5.41. The third-order valence-corrected chi connectivity index (χ3v) is 5.91. The number of hydrogen-bond donors (Lipinski definition) is 1. The van der Waals surface area contributed by atoms with Gasteiger partial charge >= 0.3 is 0 Å². The lowest BCUT2D eigenvalue weighted by Gasteiger charge is -2.18. The van der Waals surface area contributed by atoms with Gasteiger partial charge in [0.1, 0.15) is 5.82 Å². The summed E-state index contributed by atoms with van der Waals surface area (Å²) in [6.45, 7) is 6.82. The summed E-state index contributed by atoms with van der Waals surface area (Å²) in [6.07, 6.45) is 4.35. The normalized spacial score (nSPS) is 12.4. The molecule has 0 saturated heterocycles. The van der Waals surface area contributed by atoms with Gasteiger partial charge < -0.3 is 4.98 Å². The number of imidazole rings is 1. The van der Waals surface area contributed by atoms with Gasteiger partial charge in [-0.1, -0.05) is 33.6 Å². The van der Waals surface area contributed by atoms with E-state index in [1.54, 1.807) is 18.2 Å². The van der Waals surface area contributed by atoms with Crippen molar-refractivity contribution in [1.29, 1.82) is 0 Å². The number of sulfonamides is 1. The van der Waals surface area contributed by atoms with E-state index in [1.165, 1.54) is 17.1 Å². The Labute approximate surface area is 132 Å². The third kappa shape index (κ3) is 3.50. The van der Waals surface area contributed by atoms with Gasteiger partial charge in [-0.05, 0) is 24.6 Å². The van der Waals surface area contributed by atoms with Crippen molar-refractivity contribution >= 4 is 21.1 Å². The van der Waals surface area contributed by atoms with Crippen LogP contribution in [0, 0.1) is 0 Å². The van der Waals surface area contributed by atoms with Crippen LogP contribution in [0.3, 0.4) is 0 Å². The zero-order chi connectivity index (χ0) is 16.2. The number of nitrogens with zero attached hydrogens (tertiary/aromatic N) is 2. The van der Waals surface area contributed by atoms with Crippen LogP contribution in [0.2, 0.25) is 0 Å². The van der Waals surface area contributed by atoms with Crippen LogP contribution >= 0.6 is 0 Å². The highest BCUT2D eigenvalue weighted by molar-refractivity contribution is 7.89. The van der Waals surface area contributed by atoms with Crippen molar-refractivity contribution in [1.82, 2.24) is 14.3 Å². The van der Waals surface area contributed by atoms with Gasteiger partial charge in [0, 0.05) is 19.5 Å². The summed E-state index contributed by atoms with van der Waals surface area (Å²) in [5, 5.41) is 0. The first-order valence-corrected chi connectivity index (χ1v) is 9.45. The Morgan fingerprint density at radius 2 is 1.86 bits per heavy atom. The Balaban J connectivity index is 2.30. The van der Waals surface area contributed by atoms with Crippen LogP contribution in [0.1, 0.15) is 45.9 Å². The van der Waals surface area contributed by atoms with E-state index in [2.05, 4.69) is 16.9 Å². The van der Waals surface area contributed by atoms with E-state index in [9.17, 15) is 8.42 Å². The van der Waals surface area contributed by atoms with Crippen LogP contribution in [-0.4, -0.2) is 35.8 Å². The van der Waals surface area contributed by atoms with Crippen LogP contribution in [0.25, 0.3) is 11.0 Å². The summed E-state index contributed by atoms with van der Waals surface area (Å²) in [5.41, 5.74) is 1.62. The predicted octanol–water partition coefficient (Wildman–Crippen LogP) is 3.33. The molecule has 6 heteroatoms. The average molecular weight is 323 g/mol. The molecular formula is C16H25N3O2S. The standard InChI is InChI=1S/C16H25N3O2S/c1-4-7-8-9-16-17-14-11-10-13(12-15(14)18-16)22(20,21)19(5-2)6-3/h10-12H,4-9H2,1-3H3,(H,17,18). The highest BCUT2D eigenvalue weighted by atomic mass is 32.2. The Morgan fingerprint density at radius 1 is 1.14 bits per heavy atom. The van der Waals surface area contributed by atoms with Crippen molar-refractivity contribution in [3.8, 4) is 0 Å². The highest BCUT2D eigenvalue weighted by Crippen LogP contribution is 2.21. The van der Waals surface area contributed by atoms with Crippen LogP contribution in [0.5, 0.6) is 0 Å². The minimum atomic E-state index is -3.42. The number of aryl methyl sites for hydroxylation is 1. The molecule has 0 aliphatic carbocycles. The van der Waals surface area contributed by atoms with E-state index >= 15 is 0 Å². The van der Waals surface area contributed by atoms with Crippen molar-refractivity contribution in [2.24, 2.45) is 0 Å². The molecule has 0 bridgehead atoms. The molecule has 2 aromatic rings. The first-order chi connectivity index (χ1) is 10.5. The van der Waals surface area contributed by atoms with Crippen LogP contribution in [0.15, 0.2) is 23.1 Å². The van der Waals surface area contributed by atoms with Crippen molar-refractivity contribution in [3.63, 3.8) is 0 Å². The molecule has 0 unspecified atom stereocenters. The molecular weight excluding hydrogens is 298 g/mol. The minimum Gasteiger partial charge on any atom is -0.342 e. The zero-order valence-electron chi connectivity index (χ0n) is 13.6. The Morgan fingerprint density at radius 3 is 2.50 bits per heavy atom. The quantitative estimate of drug-likeness (QED) is 0.758. The molecule has 5 nitrogen and oxygen atoms in total. The molecule has 0 spiro atoms. The smallest absolute Gasteiger partial charge is 0.243 e. The summed E-state index contributed by atoms with van der Waals surface area (Å²) in [5.74, 6) is 0.931. The minimum absolute atomic E-state index is 0.326. The van der Waals surface area contributed by atoms with Gasteiger partial charge in [0.05, 0.1) is 15.9 Å². The topological polar surface area (TPSA) is 66.1 Å². The Kier molecular flexibility index (Phi) is 5.58. The molecule has 1 heterocycles. The predicted molar refractivity (Wildman–Crippen MR) is 89.4 cm³/mol. The summed E-state index contributed by atoms with van der Waals surface area (Å²) < 4.78 is 26.6. The SMILES string of the molecule is CCCCCc1nc2ccc(S(=O)(=O)N(CC)CC)cc2[nH]1. The van der Waals surface area contributed by atoms with E-state index in [0.29, 0.717) is 18.0 Å². The largest absolute Gasteiger partial charge is 0.342 e. The first-order valence-electron chi connectivity index (χ1n) is 8.01. The van der Waals surface area contributed by atoms with Gasteiger partial charge in [0.15, 0.2) is 0 Å². The Bertz CT molecular complexity index is 718. The lowest BCUT2D eigenvalue weighted by molar-refractivity contribution is 0.445. The van der Waals surface area contributed by atoms with Crippen molar-refractivity contribution < 1.29 is 8.42 Å². The molecule has 0 aliphatic heterocycles. The molecule has 1 aromatic carbocycles. The van der Waals surface area contributed by atoms with Gasteiger partial charge in [-0.15, -0.1) is 0 Å². The number of rotatable bonds is 8. The molecule has 0 atom stereocenters. The third-order valence-electron chi connectivity index (χ3n) is 3.86. The molecule has 1 N–H and O–H groups in total. The summed E-state index contributed by atoms with van der Waals surface area (Å²) in [6, 6.07) is 5.12. The molecule has 0 fully saturated rings. The average Bonchev–Trinajstić information content (AvgIpc) is 2.90. The fourth-order valence-electron chi connectivity index (χ4n) is 2.58. The number of aromatic nitrogens is 2. The molecule has 0 saturated carbocycles. The van der Waals surface area contributed by atoms with E-state index in [-0.39, 0.29) is 0 Å². The maximum Gasteiger partial charge on any atom is 0.243 e. The fourth-order valence-corrected chi connectivity index (χ4v) is 4.06. The summed E-state index contributed by atoms with van der Waals surface area (Å²) in [4.78, 5) is 8.10. The number of unbranched alkanes of at least 4 members (excludes halogenated alkanes) is 2. The van der Waals surface area contributed by atoms with E-state index in [4.69, 9.17) is 0 Å². The van der Waals surface area contributed by atoms with E-state index < -0.39 is 10.0 Å². The van der Waals surface area contributed by atoms with Crippen LogP contribution in [0.4, 0.5) is 0 Å². The zero-order valence-corrected chi connectivity index (χ0v) is 14.4. The second kappa shape index (κ2) is 7.24. The summed E-state index contributed by atoms with van der Waals surface area (Å²) in [7, 11) is -3.42. The maximum absolute atomic E-state index is 12.5. The van der Waals surface area contributed by atoms with E-state index in [0.717, 1.165) is 29.7 Å². The molecule has 1 aromatic heterocycles. The van der Waals surface area contributed by atoms with Gasteiger partial charge in [0.25, 0.3) is 0 Å². The van der Waals surface area contributed by atoms with E-state index in [1.807, 2.05) is 13.8 Å². The van der Waals surface area contributed by atoms with Crippen molar-refractivity contribution in [2.75, 3.05) is 13.1 Å². The number of benzene rings is 1. The molecule has 22 heavy (non-hydrogen) atoms. The molecule has 0 radical (unpaired) electrons. The van der Waals surface area contributed by atoms with Crippen LogP contribution < -0.4 is 0 Å². The highest BCUT2D eigenvalue weighted by Gasteiger charge is 2.22. The molecule has 2 rings (SSSR count). The fraction of sp³-hybridized carbons (Fsp3) is 0.562. The van der Waals surface area contributed by atoms with Crippen molar-refractivity contribution in [2.45, 2.75) is 51.3 Å². The number of aromatic amines is 1. The summed E-state index contributed by atoms with van der Waals surface area (Å²) >= 11 is 0. The number of H-pyrrole nitrogens is 1. The maximum atomic E-state index is 12.5. The van der Waals surface area contributed by atoms with Gasteiger partial charge in [0.2, 0.25) is 10.0 Å². The number of fused-ring (bicyclic) bond motifs is 1. The second-order valence-corrected chi connectivity index (χ2v) is 7.35.